The van der Waals surface area contributed by atoms with E-state index in [4.69, 9.17) is 14.2 Å². The van der Waals surface area contributed by atoms with Crippen LogP contribution in [0.3, 0.4) is 0 Å². The number of nitrogens with one attached hydrogen (secondary N) is 1. The molecule has 0 spiro atoms. The highest BCUT2D eigenvalue weighted by Gasteiger charge is 2.13. The Bertz CT molecular complexity index is 981. The van der Waals surface area contributed by atoms with E-state index in [1.54, 1.807) is 7.11 Å². The van der Waals surface area contributed by atoms with Crippen molar-refractivity contribution in [2.75, 3.05) is 13.9 Å². The second kappa shape index (κ2) is 6.49. The van der Waals surface area contributed by atoms with Crippen LogP contribution in [0.15, 0.2) is 47.3 Å². The molecule has 25 heavy (non-hydrogen) atoms. The third-order valence-corrected chi connectivity index (χ3v) is 4.31. The number of quaternary nitrogens is 1. The maximum absolute atomic E-state index is 12.3. The van der Waals surface area contributed by atoms with Gasteiger partial charge in [-0.3, -0.25) is 4.79 Å². The van der Waals surface area contributed by atoms with Crippen molar-refractivity contribution in [1.29, 1.82) is 0 Å². The molecule has 6 heteroatoms. The Morgan fingerprint density at radius 1 is 1.08 bits per heavy atom. The number of hydrogen-bond acceptors (Lipinski definition) is 4. The normalized spacial score (nSPS) is 12.5. The van der Waals surface area contributed by atoms with E-state index in [9.17, 15) is 4.79 Å². The predicted octanol–water partition coefficient (Wildman–Crippen LogP) is 1.53. The van der Waals surface area contributed by atoms with Crippen LogP contribution in [0.1, 0.15) is 11.1 Å². The number of aromatic nitrogens is 1. The lowest BCUT2D eigenvalue weighted by atomic mass is 10.1. The van der Waals surface area contributed by atoms with Gasteiger partial charge in [0, 0.05) is 11.6 Å². The van der Waals surface area contributed by atoms with E-state index in [0.29, 0.717) is 6.54 Å². The fourth-order valence-electron chi connectivity index (χ4n) is 2.97. The van der Waals surface area contributed by atoms with Gasteiger partial charge in [-0.15, -0.1) is 0 Å². The number of H-pyrrole nitrogens is 1. The lowest BCUT2D eigenvalue weighted by molar-refractivity contribution is -0.686. The standard InChI is InChI=1S/C19H18N2O4/c1-23-15-4-3-13-7-14(19(22)21-16(13)8-15)10-20-9-12-2-5-17-18(6-12)25-11-24-17/h2-8,20H,9-11H2,1H3,(H,21,22)/p+1. The molecule has 0 aliphatic carbocycles. The first-order chi connectivity index (χ1) is 12.2. The van der Waals surface area contributed by atoms with Gasteiger partial charge in [0.1, 0.15) is 18.8 Å². The van der Waals surface area contributed by atoms with E-state index in [0.717, 1.165) is 45.8 Å². The summed E-state index contributed by atoms with van der Waals surface area (Å²) >= 11 is 0. The molecule has 4 rings (SSSR count). The molecule has 3 N–H and O–H groups in total. The summed E-state index contributed by atoms with van der Waals surface area (Å²) in [4.78, 5) is 15.2. The van der Waals surface area contributed by atoms with Crippen molar-refractivity contribution in [3.8, 4) is 17.2 Å². The SMILES string of the molecule is COc1ccc2cc(C[NH2+]Cc3ccc4c(c3)OCO4)c(=O)[nH]c2c1. The number of rotatable bonds is 5. The molecule has 1 aromatic heterocycles. The summed E-state index contributed by atoms with van der Waals surface area (Å²) in [5.41, 5.74) is 2.59. The molecule has 3 aromatic rings. The third-order valence-electron chi connectivity index (χ3n) is 4.31. The van der Waals surface area contributed by atoms with Crippen molar-refractivity contribution in [1.82, 2.24) is 4.98 Å². The van der Waals surface area contributed by atoms with Crippen LogP contribution in [0.2, 0.25) is 0 Å². The van der Waals surface area contributed by atoms with E-state index in [1.807, 2.05) is 42.5 Å². The fourth-order valence-corrected chi connectivity index (χ4v) is 2.97. The monoisotopic (exact) mass is 339 g/mol. The van der Waals surface area contributed by atoms with Crippen molar-refractivity contribution < 1.29 is 19.5 Å². The summed E-state index contributed by atoms with van der Waals surface area (Å²) in [5.74, 6) is 2.29. The lowest BCUT2D eigenvalue weighted by Gasteiger charge is -2.06. The second-order valence-corrected chi connectivity index (χ2v) is 5.96. The van der Waals surface area contributed by atoms with E-state index < -0.39 is 0 Å². The first kappa shape index (κ1) is 15.5. The van der Waals surface area contributed by atoms with E-state index in [2.05, 4.69) is 10.3 Å². The molecule has 2 aromatic carbocycles. The van der Waals surface area contributed by atoms with Gasteiger partial charge in [0.15, 0.2) is 11.5 Å². The minimum absolute atomic E-state index is 0.0670. The van der Waals surface area contributed by atoms with Crippen LogP contribution in [0, 0.1) is 0 Å². The maximum atomic E-state index is 12.3. The molecular weight excluding hydrogens is 320 g/mol. The number of nitrogens with two attached hydrogens (primary N) is 1. The van der Waals surface area contributed by atoms with Crippen LogP contribution >= 0.6 is 0 Å². The van der Waals surface area contributed by atoms with Gasteiger partial charge in [0.2, 0.25) is 6.79 Å². The Balaban J connectivity index is 1.47. The largest absolute Gasteiger partial charge is 0.497 e. The fraction of sp³-hybridized carbons (Fsp3) is 0.211. The maximum Gasteiger partial charge on any atom is 0.257 e. The number of ether oxygens (including phenoxy) is 3. The molecule has 128 valence electrons. The Labute approximate surface area is 144 Å². The summed E-state index contributed by atoms with van der Waals surface area (Å²) < 4.78 is 15.9. The molecule has 0 radical (unpaired) electrons. The van der Waals surface area contributed by atoms with E-state index >= 15 is 0 Å². The van der Waals surface area contributed by atoms with Gasteiger partial charge in [-0.2, -0.15) is 0 Å². The zero-order valence-electron chi connectivity index (χ0n) is 13.9. The topological polar surface area (TPSA) is 77.2 Å². The summed E-state index contributed by atoms with van der Waals surface area (Å²) in [6, 6.07) is 13.5. The van der Waals surface area contributed by atoms with Crippen LogP contribution in [0.25, 0.3) is 10.9 Å². The average molecular weight is 339 g/mol. The summed E-state index contributed by atoms with van der Waals surface area (Å²) in [6.07, 6.45) is 0. The smallest absolute Gasteiger partial charge is 0.257 e. The van der Waals surface area contributed by atoms with Gasteiger partial charge in [-0.05, 0) is 41.8 Å². The zero-order valence-corrected chi connectivity index (χ0v) is 13.9. The Hall–Kier alpha value is -2.99. The Morgan fingerprint density at radius 3 is 2.84 bits per heavy atom. The Morgan fingerprint density at radius 2 is 1.96 bits per heavy atom. The first-order valence-electron chi connectivity index (χ1n) is 8.13. The molecule has 2 heterocycles. The Kier molecular flexibility index (Phi) is 4.03. The number of aromatic amines is 1. The van der Waals surface area contributed by atoms with Crippen LogP contribution in [-0.4, -0.2) is 18.9 Å². The number of hydrogen-bond donors (Lipinski definition) is 2. The molecule has 6 nitrogen and oxygen atoms in total. The van der Waals surface area contributed by atoms with Gasteiger partial charge in [0.25, 0.3) is 5.56 Å². The van der Waals surface area contributed by atoms with Crippen LogP contribution in [0.5, 0.6) is 17.2 Å². The molecule has 0 amide bonds. The van der Waals surface area contributed by atoms with Crippen LogP contribution in [-0.2, 0) is 13.1 Å². The molecule has 0 saturated carbocycles. The van der Waals surface area contributed by atoms with Gasteiger partial charge < -0.3 is 24.5 Å². The number of pyridine rings is 1. The van der Waals surface area contributed by atoms with E-state index in [-0.39, 0.29) is 12.4 Å². The number of fused-ring (bicyclic) bond motifs is 2. The molecule has 1 aliphatic rings. The van der Waals surface area contributed by atoms with Crippen LogP contribution in [0.4, 0.5) is 0 Å². The summed E-state index contributed by atoms with van der Waals surface area (Å²) in [5, 5.41) is 3.09. The molecule has 0 atom stereocenters. The predicted molar refractivity (Wildman–Crippen MR) is 93.0 cm³/mol. The van der Waals surface area contributed by atoms with Gasteiger partial charge in [-0.25, -0.2) is 0 Å². The van der Waals surface area contributed by atoms with Crippen LogP contribution < -0.4 is 25.1 Å². The minimum atomic E-state index is -0.0670. The highest BCUT2D eigenvalue weighted by Crippen LogP contribution is 2.32. The first-order valence-corrected chi connectivity index (χ1v) is 8.13. The van der Waals surface area contributed by atoms with Crippen molar-refractivity contribution in [2.45, 2.75) is 13.1 Å². The highest BCUT2D eigenvalue weighted by atomic mass is 16.7. The van der Waals surface area contributed by atoms with E-state index in [1.165, 1.54) is 0 Å². The van der Waals surface area contributed by atoms with Crippen molar-refractivity contribution >= 4 is 10.9 Å². The number of benzene rings is 2. The molecule has 0 fully saturated rings. The molecule has 0 unspecified atom stereocenters. The average Bonchev–Trinajstić information content (AvgIpc) is 3.09. The van der Waals surface area contributed by atoms with Crippen molar-refractivity contribution in [3.63, 3.8) is 0 Å². The van der Waals surface area contributed by atoms with Gasteiger partial charge in [-0.1, -0.05) is 0 Å². The van der Waals surface area contributed by atoms with Gasteiger partial charge in [0.05, 0.1) is 18.2 Å². The zero-order chi connectivity index (χ0) is 17.2. The molecule has 1 aliphatic heterocycles. The van der Waals surface area contributed by atoms with Crippen molar-refractivity contribution in [3.05, 3.63) is 63.9 Å². The summed E-state index contributed by atoms with van der Waals surface area (Å²) in [6.45, 7) is 1.64. The molecule has 0 bridgehead atoms. The quantitative estimate of drug-likeness (QED) is 0.739. The highest BCUT2D eigenvalue weighted by molar-refractivity contribution is 5.80. The lowest BCUT2D eigenvalue weighted by Crippen LogP contribution is -2.81. The van der Waals surface area contributed by atoms with Crippen molar-refractivity contribution in [2.24, 2.45) is 0 Å². The third kappa shape index (κ3) is 3.16. The minimum Gasteiger partial charge on any atom is -0.497 e. The second-order valence-electron chi connectivity index (χ2n) is 5.96. The van der Waals surface area contributed by atoms with Gasteiger partial charge >= 0.3 is 0 Å². The summed E-state index contributed by atoms with van der Waals surface area (Å²) in [7, 11) is 1.61. The molecule has 0 saturated heterocycles. The number of methoxy groups -OCH3 is 1. The molecular formula is C19H19N2O4+.